The molecule has 0 radical (unpaired) electrons. The number of carbonyl (C=O) groups excluding carboxylic acids is 2. The predicted octanol–water partition coefficient (Wildman–Crippen LogP) is 2.84. The molecule has 0 fully saturated rings. The summed E-state index contributed by atoms with van der Waals surface area (Å²) in [6, 6.07) is 17.1. The number of alkyl carbamates (subject to hydrolysis) is 1. The number of amides is 2. The number of hydrogen-bond acceptors (Lipinski definition) is 5. The highest BCUT2D eigenvalue weighted by molar-refractivity contribution is 5.81. The van der Waals surface area contributed by atoms with E-state index < -0.39 is 23.6 Å². The van der Waals surface area contributed by atoms with Gasteiger partial charge in [0.2, 0.25) is 0 Å². The van der Waals surface area contributed by atoms with Crippen molar-refractivity contribution in [2.45, 2.75) is 39.0 Å². The summed E-state index contributed by atoms with van der Waals surface area (Å²) in [6.07, 6.45) is -0.628. The first kappa shape index (κ1) is 21.4. The Kier molecular flexibility index (Phi) is 7.54. The van der Waals surface area contributed by atoms with Gasteiger partial charge in [-0.3, -0.25) is 10.0 Å². The van der Waals surface area contributed by atoms with Crippen LogP contribution >= 0.6 is 0 Å². The number of benzene rings is 2. The molecule has 0 saturated carbocycles. The third-order valence-corrected chi connectivity index (χ3v) is 3.89. The summed E-state index contributed by atoms with van der Waals surface area (Å²) >= 11 is 0. The van der Waals surface area contributed by atoms with Crippen LogP contribution in [0.2, 0.25) is 0 Å². The Morgan fingerprint density at radius 3 is 2.18 bits per heavy atom. The molecule has 7 nitrogen and oxygen atoms in total. The molecular weight excluding hydrogens is 358 g/mol. The molecule has 2 rings (SSSR count). The van der Waals surface area contributed by atoms with E-state index >= 15 is 0 Å². The standard InChI is InChI=1S/C21H27N3O4/c1-21(2,3)28-20(26)23-14-18(19(25)24-27)22-13-15-9-11-17(12-10-15)16-7-5-4-6-8-16/h4-12,18,22,27H,13-14H2,1-3H3,(H,23,26)(H,24,25)/t18-/m0/s1. The third-order valence-electron chi connectivity index (χ3n) is 3.89. The maximum atomic E-state index is 11.9. The molecule has 0 unspecified atom stereocenters. The Hall–Kier alpha value is -2.90. The number of carbonyl (C=O) groups is 2. The molecular formula is C21H27N3O4. The van der Waals surface area contributed by atoms with Gasteiger partial charge in [0.25, 0.3) is 5.91 Å². The van der Waals surface area contributed by atoms with Crippen molar-refractivity contribution in [2.75, 3.05) is 6.54 Å². The lowest BCUT2D eigenvalue weighted by molar-refractivity contribution is -0.131. The van der Waals surface area contributed by atoms with Gasteiger partial charge in [-0.25, -0.2) is 10.3 Å². The third kappa shape index (κ3) is 7.02. The van der Waals surface area contributed by atoms with Crippen molar-refractivity contribution >= 4 is 12.0 Å². The first-order valence-corrected chi connectivity index (χ1v) is 9.07. The van der Waals surface area contributed by atoms with Crippen molar-refractivity contribution in [1.82, 2.24) is 16.1 Å². The van der Waals surface area contributed by atoms with Gasteiger partial charge < -0.3 is 15.4 Å². The van der Waals surface area contributed by atoms with Crippen LogP contribution in [0, 0.1) is 0 Å². The van der Waals surface area contributed by atoms with Crippen LogP contribution in [0.1, 0.15) is 26.3 Å². The monoisotopic (exact) mass is 385 g/mol. The van der Waals surface area contributed by atoms with Gasteiger partial charge in [0.15, 0.2) is 0 Å². The fraction of sp³-hybridized carbons (Fsp3) is 0.333. The van der Waals surface area contributed by atoms with E-state index in [-0.39, 0.29) is 6.54 Å². The van der Waals surface area contributed by atoms with E-state index in [1.807, 2.05) is 54.6 Å². The molecule has 0 aliphatic rings. The van der Waals surface area contributed by atoms with Gasteiger partial charge in [-0.1, -0.05) is 54.6 Å². The maximum Gasteiger partial charge on any atom is 0.407 e. The highest BCUT2D eigenvalue weighted by Gasteiger charge is 2.21. The molecule has 1 atom stereocenters. The van der Waals surface area contributed by atoms with Gasteiger partial charge in [0.1, 0.15) is 11.6 Å². The summed E-state index contributed by atoms with van der Waals surface area (Å²) in [4.78, 5) is 23.6. The predicted molar refractivity (Wildman–Crippen MR) is 107 cm³/mol. The van der Waals surface area contributed by atoms with Crippen LogP contribution in [0.5, 0.6) is 0 Å². The van der Waals surface area contributed by atoms with Crippen LogP contribution in [0.15, 0.2) is 54.6 Å². The van der Waals surface area contributed by atoms with E-state index in [1.165, 1.54) is 0 Å². The zero-order chi connectivity index (χ0) is 20.6. The fourth-order valence-corrected chi connectivity index (χ4v) is 2.52. The minimum atomic E-state index is -0.814. The molecule has 4 N–H and O–H groups in total. The quantitative estimate of drug-likeness (QED) is 0.434. The van der Waals surface area contributed by atoms with Gasteiger partial charge >= 0.3 is 6.09 Å². The second-order valence-electron chi connectivity index (χ2n) is 7.36. The first-order chi connectivity index (χ1) is 13.3. The zero-order valence-corrected chi connectivity index (χ0v) is 16.4. The van der Waals surface area contributed by atoms with Crippen molar-refractivity contribution in [3.63, 3.8) is 0 Å². The summed E-state index contributed by atoms with van der Waals surface area (Å²) in [5, 5.41) is 14.5. The number of ether oxygens (including phenoxy) is 1. The van der Waals surface area contributed by atoms with Crippen LogP contribution in [-0.4, -0.2) is 35.4 Å². The minimum Gasteiger partial charge on any atom is -0.444 e. The lowest BCUT2D eigenvalue weighted by Crippen LogP contribution is -2.50. The SMILES string of the molecule is CC(C)(C)OC(=O)NC[C@H](NCc1ccc(-c2ccccc2)cc1)C(=O)NO. The first-order valence-electron chi connectivity index (χ1n) is 9.07. The molecule has 2 aromatic carbocycles. The summed E-state index contributed by atoms with van der Waals surface area (Å²) < 4.78 is 5.15. The van der Waals surface area contributed by atoms with Gasteiger partial charge in [0, 0.05) is 13.1 Å². The second kappa shape index (κ2) is 9.87. The maximum absolute atomic E-state index is 11.9. The summed E-state index contributed by atoms with van der Waals surface area (Å²) in [6.45, 7) is 5.62. The van der Waals surface area contributed by atoms with E-state index in [2.05, 4.69) is 10.6 Å². The van der Waals surface area contributed by atoms with Crippen molar-refractivity contribution in [3.8, 4) is 11.1 Å². The number of nitrogens with one attached hydrogen (secondary N) is 3. The van der Waals surface area contributed by atoms with Crippen LogP contribution < -0.4 is 16.1 Å². The minimum absolute atomic E-state index is 0.0244. The molecule has 2 amide bonds. The smallest absolute Gasteiger partial charge is 0.407 e. The summed E-state index contributed by atoms with van der Waals surface area (Å²) in [5.41, 5.74) is 4.17. The van der Waals surface area contributed by atoms with Gasteiger partial charge in [-0.05, 0) is 37.5 Å². The van der Waals surface area contributed by atoms with Crippen molar-refractivity contribution in [3.05, 3.63) is 60.2 Å². The normalized spacial score (nSPS) is 12.1. The Morgan fingerprint density at radius 1 is 1.00 bits per heavy atom. The molecule has 28 heavy (non-hydrogen) atoms. The van der Waals surface area contributed by atoms with Crippen LogP contribution in [0.4, 0.5) is 4.79 Å². The van der Waals surface area contributed by atoms with E-state index in [4.69, 9.17) is 9.94 Å². The summed E-state index contributed by atoms with van der Waals surface area (Å²) in [7, 11) is 0. The molecule has 0 spiro atoms. The average molecular weight is 385 g/mol. The topological polar surface area (TPSA) is 99.7 Å². The van der Waals surface area contributed by atoms with Gasteiger partial charge in [-0.15, -0.1) is 0 Å². The molecule has 0 bridgehead atoms. The van der Waals surface area contributed by atoms with Gasteiger partial charge in [0.05, 0.1) is 0 Å². The molecule has 150 valence electrons. The Labute approximate surface area is 165 Å². The molecule has 0 aromatic heterocycles. The van der Waals surface area contributed by atoms with E-state index in [0.29, 0.717) is 6.54 Å². The lowest BCUT2D eigenvalue weighted by atomic mass is 10.0. The van der Waals surface area contributed by atoms with Gasteiger partial charge in [-0.2, -0.15) is 0 Å². The Balaban J connectivity index is 1.92. The highest BCUT2D eigenvalue weighted by Crippen LogP contribution is 2.19. The van der Waals surface area contributed by atoms with E-state index in [0.717, 1.165) is 16.7 Å². The molecule has 0 heterocycles. The van der Waals surface area contributed by atoms with Crippen molar-refractivity contribution in [1.29, 1.82) is 0 Å². The molecule has 0 aliphatic heterocycles. The van der Waals surface area contributed by atoms with E-state index in [1.54, 1.807) is 26.3 Å². The summed E-state index contributed by atoms with van der Waals surface area (Å²) in [5.74, 6) is -0.642. The largest absolute Gasteiger partial charge is 0.444 e. The molecule has 7 heteroatoms. The van der Waals surface area contributed by atoms with Crippen LogP contribution in [0.25, 0.3) is 11.1 Å². The Bertz CT molecular complexity index is 770. The lowest BCUT2D eigenvalue weighted by Gasteiger charge is -2.22. The molecule has 0 aliphatic carbocycles. The number of hydroxylamine groups is 1. The van der Waals surface area contributed by atoms with Crippen molar-refractivity contribution < 1.29 is 19.5 Å². The number of hydrogen-bond donors (Lipinski definition) is 4. The second-order valence-corrected chi connectivity index (χ2v) is 7.36. The highest BCUT2D eigenvalue weighted by atomic mass is 16.6. The zero-order valence-electron chi connectivity index (χ0n) is 16.4. The van der Waals surface area contributed by atoms with E-state index in [9.17, 15) is 9.59 Å². The fourth-order valence-electron chi connectivity index (χ4n) is 2.52. The average Bonchev–Trinajstić information content (AvgIpc) is 2.67. The molecule has 0 saturated heterocycles. The number of rotatable bonds is 7. The van der Waals surface area contributed by atoms with Crippen LogP contribution in [0.3, 0.4) is 0 Å². The van der Waals surface area contributed by atoms with Crippen LogP contribution in [-0.2, 0) is 16.1 Å². The van der Waals surface area contributed by atoms with Crippen molar-refractivity contribution in [2.24, 2.45) is 0 Å². The molecule has 2 aromatic rings. The Morgan fingerprint density at radius 2 is 1.61 bits per heavy atom.